The van der Waals surface area contributed by atoms with E-state index in [2.05, 4.69) is 205 Å². The lowest BCUT2D eigenvalue weighted by Crippen LogP contribution is -2.11. The van der Waals surface area contributed by atoms with E-state index in [-0.39, 0.29) is 0 Å². The van der Waals surface area contributed by atoms with Crippen LogP contribution >= 0.6 is 0 Å². The van der Waals surface area contributed by atoms with Crippen LogP contribution in [0.25, 0.3) is 76.9 Å². The average molecular weight is 664 g/mol. The third-order valence-corrected chi connectivity index (χ3v) is 10.3. The van der Waals surface area contributed by atoms with Crippen molar-refractivity contribution < 1.29 is 4.42 Å². The van der Waals surface area contributed by atoms with Gasteiger partial charge < -0.3 is 9.32 Å². The molecule has 0 unspecified atom stereocenters. The zero-order valence-corrected chi connectivity index (χ0v) is 28.4. The van der Waals surface area contributed by atoms with Gasteiger partial charge in [-0.2, -0.15) is 0 Å². The molecule has 0 N–H and O–H groups in total. The van der Waals surface area contributed by atoms with Gasteiger partial charge in [-0.15, -0.1) is 0 Å². The zero-order valence-electron chi connectivity index (χ0n) is 28.4. The van der Waals surface area contributed by atoms with Crippen molar-refractivity contribution in [1.82, 2.24) is 0 Å². The van der Waals surface area contributed by atoms with Gasteiger partial charge in [0.25, 0.3) is 0 Å². The molecule has 10 rings (SSSR count). The number of anilines is 3. The highest BCUT2D eigenvalue weighted by molar-refractivity contribution is 6.15. The minimum atomic E-state index is 0.893. The maximum absolute atomic E-state index is 6.48. The summed E-state index contributed by atoms with van der Waals surface area (Å²) >= 11 is 0. The predicted octanol–water partition coefficient (Wildman–Crippen LogP) is 14.4. The van der Waals surface area contributed by atoms with E-state index in [0.717, 1.165) is 55.5 Å². The van der Waals surface area contributed by atoms with Crippen molar-refractivity contribution in [2.75, 3.05) is 4.90 Å². The molecular weight excluding hydrogens is 631 g/mol. The van der Waals surface area contributed by atoms with Crippen molar-refractivity contribution in [3.8, 4) is 33.4 Å². The van der Waals surface area contributed by atoms with Crippen LogP contribution in [0.3, 0.4) is 0 Å². The monoisotopic (exact) mass is 663 g/mol. The second kappa shape index (κ2) is 12.5. The number of benzene rings is 9. The van der Waals surface area contributed by atoms with Crippen molar-refractivity contribution in [2.24, 2.45) is 0 Å². The Kier molecular flexibility index (Phi) is 7.18. The van der Waals surface area contributed by atoms with Gasteiger partial charge in [-0.1, -0.05) is 152 Å². The van der Waals surface area contributed by atoms with Crippen LogP contribution in [0, 0.1) is 0 Å². The second-order valence-electron chi connectivity index (χ2n) is 13.3. The van der Waals surface area contributed by atoms with E-state index in [1.54, 1.807) is 0 Å². The highest BCUT2D eigenvalue weighted by Gasteiger charge is 2.19. The van der Waals surface area contributed by atoms with Crippen LogP contribution in [0.15, 0.2) is 205 Å². The molecule has 2 nitrogen and oxygen atoms in total. The normalized spacial score (nSPS) is 11.5. The van der Waals surface area contributed by atoms with E-state index in [1.807, 2.05) is 0 Å². The number of hydrogen-bond donors (Lipinski definition) is 0. The van der Waals surface area contributed by atoms with Gasteiger partial charge in [0.2, 0.25) is 0 Å². The van der Waals surface area contributed by atoms with Crippen LogP contribution in [-0.2, 0) is 0 Å². The van der Waals surface area contributed by atoms with Gasteiger partial charge in [0.15, 0.2) is 0 Å². The van der Waals surface area contributed by atoms with Gasteiger partial charge in [0, 0.05) is 33.1 Å². The van der Waals surface area contributed by atoms with E-state index < -0.39 is 0 Å². The van der Waals surface area contributed by atoms with Crippen LogP contribution in [0.5, 0.6) is 0 Å². The molecule has 2 heteroatoms. The van der Waals surface area contributed by atoms with E-state index in [0.29, 0.717) is 0 Å². The lowest BCUT2D eigenvalue weighted by molar-refractivity contribution is 0.672. The van der Waals surface area contributed by atoms with Crippen molar-refractivity contribution in [1.29, 1.82) is 0 Å². The Hall–Kier alpha value is -6.90. The van der Waals surface area contributed by atoms with Crippen LogP contribution in [0.2, 0.25) is 0 Å². The molecule has 0 saturated heterocycles. The maximum atomic E-state index is 6.48. The Morgan fingerprint density at radius 2 is 0.904 bits per heavy atom. The van der Waals surface area contributed by atoms with E-state index in [1.165, 1.54) is 38.4 Å². The summed E-state index contributed by atoms with van der Waals surface area (Å²) in [6, 6.07) is 71.7. The van der Waals surface area contributed by atoms with E-state index >= 15 is 0 Å². The first-order valence-corrected chi connectivity index (χ1v) is 17.8. The van der Waals surface area contributed by atoms with Gasteiger partial charge in [-0.25, -0.2) is 0 Å². The number of fused-ring (bicyclic) bond motifs is 6. The number of nitrogens with zero attached hydrogens (tertiary/aromatic N) is 1. The molecule has 0 bridgehead atoms. The molecule has 0 aliphatic rings. The third kappa shape index (κ3) is 5.12. The fourth-order valence-electron chi connectivity index (χ4n) is 7.71. The van der Waals surface area contributed by atoms with E-state index in [9.17, 15) is 0 Å². The highest BCUT2D eigenvalue weighted by atomic mass is 16.3. The van der Waals surface area contributed by atoms with Gasteiger partial charge in [0.05, 0.1) is 5.69 Å². The maximum Gasteiger partial charge on any atom is 0.143 e. The summed E-state index contributed by atoms with van der Waals surface area (Å²) < 4.78 is 6.48. The first kappa shape index (κ1) is 30.0. The highest BCUT2D eigenvalue weighted by Crippen LogP contribution is 2.44. The molecule has 0 spiro atoms. The summed E-state index contributed by atoms with van der Waals surface area (Å²) in [5.74, 6) is 0. The Bertz CT molecular complexity index is 2880. The first-order valence-electron chi connectivity index (χ1n) is 17.8. The first-order chi connectivity index (χ1) is 25.8. The molecule has 1 heterocycles. The Morgan fingerprint density at radius 1 is 0.327 bits per heavy atom. The molecule has 10 aromatic rings. The van der Waals surface area contributed by atoms with Gasteiger partial charge in [0.1, 0.15) is 11.2 Å². The summed E-state index contributed by atoms with van der Waals surface area (Å²) in [5, 5.41) is 7.06. The fourth-order valence-corrected chi connectivity index (χ4v) is 7.71. The SMILES string of the molecule is c1ccc(-c2ccc(N(c3ccc(-c4cccc5ccccc45)cc3)c3ccccc3-c3ccc4oc5c6ccccc6ccc5c4c3)cc2)cc1. The second-order valence-corrected chi connectivity index (χ2v) is 13.3. The molecule has 0 aliphatic heterocycles. The lowest BCUT2D eigenvalue weighted by Gasteiger charge is -2.28. The largest absolute Gasteiger partial charge is 0.455 e. The topological polar surface area (TPSA) is 16.4 Å². The summed E-state index contributed by atoms with van der Waals surface area (Å²) in [4.78, 5) is 2.38. The number of para-hydroxylation sites is 1. The van der Waals surface area contributed by atoms with Gasteiger partial charge >= 0.3 is 0 Å². The molecule has 0 saturated carbocycles. The van der Waals surface area contributed by atoms with Crippen LogP contribution in [-0.4, -0.2) is 0 Å². The Morgan fingerprint density at radius 3 is 1.69 bits per heavy atom. The summed E-state index contributed by atoms with van der Waals surface area (Å²) in [6.07, 6.45) is 0. The van der Waals surface area contributed by atoms with Crippen molar-refractivity contribution in [3.05, 3.63) is 200 Å². The number of rotatable bonds is 6. The summed E-state index contributed by atoms with van der Waals surface area (Å²) in [5.41, 5.74) is 12.2. The van der Waals surface area contributed by atoms with Gasteiger partial charge in [-0.3, -0.25) is 0 Å². The average Bonchev–Trinajstić information content (AvgIpc) is 3.60. The fraction of sp³-hybridized carbons (Fsp3) is 0. The molecule has 0 amide bonds. The minimum absolute atomic E-state index is 0.893. The van der Waals surface area contributed by atoms with Crippen molar-refractivity contribution in [3.63, 3.8) is 0 Å². The quantitative estimate of drug-likeness (QED) is 0.176. The summed E-state index contributed by atoms with van der Waals surface area (Å²) in [7, 11) is 0. The molecule has 9 aromatic carbocycles. The smallest absolute Gasteiger partial charge is 0.143 e. The molecule has 0 fully saturated rings. The van der Waals surface area contributed by atoms with Crippen LogP contribution in [0.1, 0.15) is 0 Å². The Labute approximate surface area is 302 Å². The van der Waals surface area contributed by atoms with Gasteiger partial charge in [-0.05, 0) is 92.5 Å². The molecule has 0 radical (unpaired) electrons. The molecule has 0 aliphatic carbocycles. The zero-order chi connectivity index (χ0) is 34.4. The van der Waals surface area contributed by atoms with Crippen molar-refractivity contribution in [2.45, 2.75) is 0 Å². The minimum Gasteiger partial charge on any atom is -0.455 e. The van der Waals surface area contributed by atoms with Crippen molar-refractivity contribution >= 4 is 60.5 Å². The summed E-state index contributed by atoms with van der Waals surface area (Å²) in [6.45, 7) is 0. The molecule has 52 heavy (non-hydrogen) atoms. The van der Waals surface area contributed by atoms with E-state index in [4.69, 9.17) is 4.42 Å². The predicted molar refractivity (Wildman–Crippen MR) is 220 cm³/mol. The number of hydrogen-bond acceptors (Lipinski definition) is 2. The molecule has 0 atom stereocenters. The standard InChI is InChI=1S/C50H33NO/c1-2-11-34(12-3-1)35-21-27-40(28-22-35)51(41-29-23-38(24-30-41)43-19-10-15-36-13-4-6-16-42(36)43)48-20-9-8-17-44(48)39-26-32-49-47(33-39)46-31-25-37-14-5-7-18-45(37)50(46)52-49/h1-33H. The molecule has 244 valence electrons. The molecular formula is C50H33NO. The van der Waals surface area contributed by atoms with Crippen LogP contribution < -0.4 is 4.90 Å². The third-order valence-electron chi connectivity index (χ3n) is 10.3. The van der Waals surface area contributed by atoms with Crippen LogP contribution in [0.4, 0.5) is 17.1 Å². The number of furan rings is 1. The lowest BCUT2D eigenvalue weighted by atomic mass is 9.97. The molecule has 1 aromatic heterocycles. The Balaban J connectivity index is 1.12.